The van der Waals surface area contributed by atoms with Crippen LogP contribution in [0.25, 0.3) is 10.6 Å². The van der Waals surface area contributed by atoms with Crippen molar-refractivity contribution < 1.29 is 0 Å². The Labute approximate surface area is 116 Å². The number of nitrogens with zero attached hydrogens (tertiary/aromatic N) is 1. The number of aryl methyl sites for hydroxylation is 1. The minimum absolute atomic E-state index is 0.924. The first-order chi connectivity index (χ1) is 8.85. The number of thiophene rings is 1. The van der Waals surface area contributed by atoms with Crippen LogP contribution in [0.15, 0.2) is 17.5 Å². The van der Waals surface area contributed by atoms with Crippen molar-refractivity contribution in [2.24, 2.45) is 5.92 Å². The predicted molar refractivity (Wildman–Crippen MR) is 79.2 cm³/mol. The summed E-state index contributed by atoms with van der Waals surface area (Å²) in [5.74, 6) is 0.939. The van der Waals surface area contributed by atoms with Crippen LogP contribution in [0.3, 0.4) is 0 Å². The smallest absolute Gasteiger partial charge is 0.107 e. The number of thiazole rings is 1. The van der Waals surface area contributed by atoms with E-state index in [0.717, 1.165) is 31.1 Å². The Bertz CT molecular complexity index is 511. The summed E-state index contributed by atoms with van der Waals surface area (Å²) in [5, 5.41) is 6.88. The van der Waals surface area contributed by atoms with Crippen LogP contribution in [0.4, 0.5) is 0 Å². The molecule has 0 spiro atoms. The third-order valence-corrected chi connectivity index (χ3v) is 5.32. The molecule has 2 heterocycles. The van der Waals surface area contributed by atoms with Gasteiger partial charge >= 0.3 is 0 Å². The molecule has 1 aliphatic carbocycles. The lowest BCUT2D eigenvalue weighted by Crippen LogP contribution is -2.15. The second kappa shape index (κ2) is 5.51. The average Bonchev–Trinajstić information content (AvgIpc) is 2.92. The van der Waals surface area contributed by atoms with E-state index in [1.807, 2.05) is 11.3 Å². The highest BCUT2D eigenvalue weighted by Crippen LogP contribution is 2.30. The van der Waals surface area contributed by atoms with Crippen molar-refractivity contribution >= 4 is 22.7 Å². The zero-order chi connectivity index (χ0) is 12.4. The summed E-state index contributed by atoms with van der Waals surface area (Å²) in [7, 11) is 0. The van der Waals surface area contributed by atoms with Gasteiger partial charge in [0.25, 0.3) is 0 Å². The highest BCUT2D eigenvalue weighted by Gasteiger charge is 2.20. The Hall–Kier alpha value is -0.710. The molecule has 1 aliphatic rings. The second-order valence-electron chi connectivity index (χ2n) is 4.82. The molecule has 1 fully saturated rings. The molecule has 0 bridgehead atoms. The standard InChI is InChI=1S/C14H18N2S2/c1-2-11-5-6-13(18-11)12-9-17-14(16-12)8-15-7-10-3-4-10/h5-6,9-10,15H,2-4,7-8H2,1H3. The van der Waals surface area contributed by atoms with E-state index in [-0.39, 0.29) is 0 Å². The van der Waals surface area contributed by atoms with Crippen LogP contribution in [0.2, 0.25) is 0 Å². The van der Waals surface area contributed by atoms with Gasteiger partial charge in [0, 0.05) is 16.8 Å². The molecule has 18 heavy (non-hydrogen) atoms. The summed E-state index contributed by atoms with van der Waals surface area (Å²) in [6.45, 7) is 4.28. The molecule has 2 aromatic heterocycles. The number of nitrogens with one attached hydrogen (secondary N) is 1. The third kappa shape index (κ3) is 2.99. The van der Waals surface area contributed by atoms with Crippen molar-refractivity contribution in [1.29, 1.82) is 0 Å². The van der Waals surface area contributed by atoms with Gasteiger partial charge in [-0.15, -0.1) is 22.7 Å². The van der Waals surface area contributed by atoms with Gasteiger partial charge in [-0.2, -0.15) is 0 Å². The molecule has 2 aromatic rings. The van der Waals surface area contributed by atoms with Gasteiger partial charge in [-0.1, -0.05) is 6.92 Å². The minimum atomic E-state index is 0.924. The Morgan fingerprint density at radius 2 is 2.28 bits per heavy atom. The Balaban J connectivity index is 1.60. The van der Waals surface area contributed by atoms with Crippen molar-refractivity contribution in [2.75, 3.05) is 6.54 Å². The zero-order valence-corrected chi connectivity index (χ0v) is 12.2. The molecule has 0 amide bonds. The van der Waals surface area contributed by atoms with Crippen LogP contribution in [0.5, 0.6) is 0 Å². The summed E-state index contributed by atoms with van der Waals surface area (Å²) in [4.78, 5) is 7.45. The van der Waals surface area contributed by atoms with Gasteiger partial charge in [0.2, 0.25) is 0 Å². The fraction of sp³-hybridized carbons (Fsp3) is 0.500. The van der Waals surface area contributed by atoms with E-state index < -0.39 is 0 Å². The highest BCUT2D eigenvalue weighted by molar-refractivity contribution is 7.16. The van der Waals surface area contributed by atoms with E-state index in [2.05, 4.69) is 29.8 Å². The predicted octanol–water partition coefficient (Wildman–Crippen LogP) is 3.93. The molecule has 1 saturated carbocycles. The molecule has 0 aromatic carbocycles. The molecule has 0 atom stereocenters. The Morgan fingerprint density at radius 1 is 1.39 bits per heavy atom. The molecule has 0 radical (unpaired) electrons. The van der Waals surface area contributed by atoms with Crippen LogP contribution in [-0.4, -0.2) is 11.5 Å². The topological polar surface area (TPSA) is 24.9 Å². The van der Waals surface area contributed by atoms with E-state index in [1.165, 1.54) is 27.6 Å². The number of hydrogen-bond acceptors (Lipinski definition) is 4. The van der Waals surface area contributed by atoms with Crippen molar-refractivity contribution in [1.82, 2.24) is 10.3 Å². The molecule has 4 heteroatoms. The van der Waals surface area contributed by atoms with Crippen molar-refractivity contribution in [3.05, 3.63) is 27.4 Å². The van der Waals surface area contributed by atoms with E-state index in [1.54, 1.807) is 11.3 Å². The summed E-state index contributed by atoms with van der Waals surface area (Å²) >= 11 is 3.63. The largest absolute Gasteiger partial charge is 0.310 e. The molecular weight excluding hydrogens is 260 g/mol. The summed E-state index contributed by atoms with van der Waals surface area (Å²) in [6, 6.07) is 4.41. The van der Waals surface area contributed by atoms with Crippen LogP contribution < -0.4 is 5.32 Å². The maximum atomic E-state index is 4.71. The molecule has 3 rings (SSSR count). The molecule has 2 nitrogen and oxygen atoms in total. The highest BCUT2D eigenvalue weighted by atomic mass is 32.1. The number of rotatable bonds is 6. The van der Waals surface area contributed by atoms with Crippen molar-refractivity contribution in [3.63, 3.8) is 0 Å². The third-order valence-electron chi connectivity index (χ3n) is 3.22. The fourth-order valence-electron chi connectivity index (χ4n) is 1.92. The van der Waals surface area contributed by atoms with Crippen molar-refractivity contribution in [3.8, 4) is 10.6 Å². The number of aromatic nitrogens is 1. The summed E-state index contributed by atoms with van der Waals surface area (Å²) < 4.78 is 0. The molecule has 0 unspecified atom stereocenters. The first-order valence-corrected chi connectivity index (χ1v) is 8.29. The zero-order valence-electron chi connectivity index (χ0n) is 10.6. The van der Waals surface area contributed by atoms with E-state index >= 15 is 0 Å². The van der Waals surface area contributed by atoms with E-state index in [0.29, 0.717) is 0 Å². The van der Waals surface area contributed by atoms with Crippen LogP contribution in [0.1, 0.15) is 29.7 Å². The van der Waals surface area contributed by atoms with Gasteiger partial charge in [-0.25, -0.2) is 4.98 Å². The van der Waals surface area contributed by atoms with Gasteiger partial charge in [0.05, 0.1) is 10.6 Å². The Kier molecular flexibility index (Phi) is 3.77. The minimum Gasteiger partial charge on any atom is -0.310 e. The van der Waals surface area contributed by atoms with Crippen LogP contribution in [0, 0.1) is 5.92 Å². The summed E-state index contributed by atoms with van der Waals surface area (Å²) in [5.41, 5.74) is 1.15. The lowest BCUT2D eigenvalue weighted by molar-refractivity contribution is 0.637. The first-order valence-electron chi connectivity index (χ1n) is 6.59. The maximum absolute atomic E-state index is 4.71. The quantitative estimate of drug-likeness (QED) is 0.866. The van der Waals surface area contributed by atoms with Gasteiger partial charge in [0.1, 0.15) is 5.01 Å². The van der Waals surface area contributed by atoms with Gasteiger partial charge < -0.3 is 5.32 Å². The van der Waals surface area contributed by atoms with Gasteiger partial charge in [-0.3, -0.25) is 0 Å². The molecule has 96 valence electrons. The van der Waals surface area contributed by atoms with Crippen LogP contribution in [-0.2, 0) is 13.0 Å². The van der Waals surface area contributed by atoms with E-state index in [9.17, 15) is 0 Å². The van der Waals surface area contributed by atoms with E-state index in [4.69, 9.17) is 4.98 Å². The van der Waals surface area contributed by atoms with Gasteiger partial charge in [0.15, 0.2) is 0 Å². The van der Waals surface area contributed by atoms with Crippen LogP contribution >= 0.6 is 22.7 Å². The molecule has 1 N–H and O–H groups in total. The maximum Gasteiger partial charge on any atom is 0.107 e. The van der Waals surface area contributed by atoms with Crippen molar-refractivity contribution in [2.45, 2.75) is 32.7 Å². The Morgan fingerprint density at radius 3 is 3.00 bits per heavy atom. The number of hydrogen-bond donors (Lipinski definition) is 1. The average molecular weight is 278 g/mol. The second-order valence-corrected chi connectivity index (χ2v) is 6.93. The SMILES string of the molecule is CCc1ccc(-c2csc(CNCC3CC3)n2)s1. The fourth-order valence-corrected chi connectivity index (χ4v) is 3.66. The summed E-state index contributed by atoms with van der Waals surface area (Å²) in [6.07, 6.45) is 3.93. The lowest BCUT2D eigenvalue weighted by Gasteiger charge is -1.98. The normalized spacial score (nSPS) is 15.2. The monoisotopic (exact) mass is 278 g/mol. The lowest BCUT2D eigenvalue weighted by atomic mass is 10.3. The molecule has 0 aliphatic heterocycles. The molecular formula is C14H18N2S2. The first kappa shape index (κ1) is 12.3. The van der Waals surface area contributed by atoms with Gasteiger partial charge in [-0.05, 0) is 43.9 Å². The molecule has 0 saturated heterocycles.